The number of hydrogen-bond acceptors (Lipinski definition) is 4. The maximum atomic E-state index is 11.7. The first-order valence-corrected chi connectivity index (χ1v) is 9.95. The molecule has 0 saturated heterocycles. The number of benzene rings is 1. The molecule has 8 heteroatoms. The zero-order chi connectivity index (χ0) is 18.2. The van der Waals surface area contributed by atoms with Gasteiger partial charge in [0.05, 0.1) is 29.7 Å². The fourth-order valence-electron chi connectivity index (χ4n) is 2.37. The van der Waals surface area contributed by atoms with Crippen molar-refractivity contribution in [1.29, 1.82) is 0 Å². The molecule has 0 bridgehead atoms. The molecule has 0 heterocycles. The smallest absolute Gasteiger partial charge is 0.310 e. The standard InChI is InChI=1S/C16H24Cl2NO4P/c1-4-22-16(23-5-2,24(20)21)9-6-10-19-12(3)13-7-8-14(17)15(18)11-13/h7-8,11-12,19H,4-6,9-10H2,1-3H3/p+1. The van der Waals surface area contributed by atoms with Crippen LogP contribution < -0.4 is 5.32 Å². The fourth-order valence-corrected chi connectivity index (χ4v) is 3.51. The first kappa shape index (κ1) is 21.8. The molecule has 1 rings (SSSR count). The first-order chi connectivity index (χ1) is 11.4. The van der Waals surface area contributed by atoms with Crippen LogP contribution in [0.15, 0.2) is 18.2 Å². The third-order valence-electron chi connectivity index (χ3n) is 3.59. The molecule has 1 aromatic carbocycles. The van der Waals surface area contributed by atoms with Crippen LogP contribution >= 0.6 is 31.2 Å². The van der Waals surface area contributed by atoms with Crippen molar-refractivity contribution in [1.82, 2.24) is 5.32 Å². The van der Waals surface area contributed by atoms with Crippen LogP contribution in [-0.4, -0.2) is 30.2 Å². The summed E-state index contributed by atoms with van der Waals surface area (Å²) in [6.07, 6.45) is 0.967. The minimum atomic E-state index is -2.60. The van der Waals surface area contributed by atoms with Crippen molar-refractivity contribution in [3.63, 3.8) is 0 Å². The topological polar surface area (TPSA) is 67.8 Å². The molecule has 2 atom stereocenters. The van der Waals surface area contributed by atoms with Gasteiger partial charge < -0.3 is 14.8 Å². The number of halogens is 2. The molecule has 0 saturated carbocycles. The highest BCUT2D eigenvalue weighted by Crippen LogP contribution is 2.41. The van der Waals surface area contributed by atoms with Crippen LogP contribution in [0.1, 0.15) is 45.2 Å². The van der Waals surface area contributed by atoms with Gasteiger partial charge in [-0.1, -0.05) is 29.3 Å². The maximum absolute atomic E-state index is 11.7. The first-order valence-electron chi connectivity index (χ1n) is 7.98. The zero-order valence-electron chi connectivity index (χ0n) is 14.2. The summed E-state index contributed by atoms with van der Waals surface area (Å²) < 4.78 is 22.5. The van der Waals surface area contributed by atoms with Gasteiger partial charge in [-0.3, -0.25) is 0 Å². The van der Waals surface area contributed by atoms with Crippen molar-refractivity contribution in [3.05, 3.63) is 33.8 Å². The van der Waals surface area contributed by atoms with E-state index in [-0.39, 0.29) is 6.04 Å². The van der Waals surface area contributed by atoms with Gasteiger partial charge in [0.2, 0.25) is 0 Å². The van der Waals surface area contributed by atoms with Gasteiger partial charge in [0, 0.05) is 6.04 Å². The predicted molar refractivity (Wildman–Crippen MR) is 97.9 cm³/mol. The summed E-state index contributed by atoms with van der Waals surface area (Å²) in [4.78, 5) is 9.58. The third kappa shape index (κ3) is 6.23. The molecular weight excluding hydrogens is 372 g/mol. The van der Waals surface area contributed by atoms with Crippen LogP contribution in [0.5, 0.6) is 0 Å². The lowest BCUT2D eigenvalue weighted by Gasteiger charge is -2.21. The van der Waals surface area contributed by atoms with E-state index in [1.54, 1.807) is 19.9 Å². The van der Waals surface area contributed by atoms with Gasteiger partial charge in [0.1, 0.15) is 0 Å². The van der Waals surface area contributed by atoms with Crippen molar-refractivity contribution in [2.45, 2.75) is 45.2 Å². The van der Waals surface area contributed by atoms with Gasteiger partial charge in [-0.15, -0.1) is 0 Å². The van der Waals surface area contributed by atoms with Crippen LogP contribution in [0.25, 0.3) is 0 Å². The van der Waals surface area contributed by atoms with Gasteiger partial charge in [0.15, 0.2) is 0 Å². The monoisotopic (exact) mass is 396 g/mol. The molecule has 1 aromatic rings. The molecule has 0 fully saturated rings. The van der Waals surface area contributed by atoms with E-state index < -0.39 is 13.6 Å². The van der Waals surface area contributed by atoms with Crippen LogP contribution in [0.3, 0.4) is 0 Å². The second-order valence-electron chi connectivity index (χ2n) is 5.30. The Morgan fingerprint density at radius 2 is 1.88 bits per heavy atom. The Morgan fingerprint density at radius 3 is 2.38 bits per heavy atom. The molecule has 0 spiro atoms. The van der Waals surface area contributed by atoms with Crippen molar-refractivity contribution >= 4 is 31.2 Å². The van der Waals surface area contributed by atoms with Crippen molar-refractivity contribution in [3.8, 4) is 0 Å². The lowest BCUT2D eigenvalue weighted by atomic mass is 10.1. The molecule has 0 aliphatic heterocycles. The van der Waals surface area contributed by atoms with Crippen LogP contribution in [0.2, 0.25) is 10.0 Å². The number of rotatable bonds is 11. The van der Waals surface area contributed by atoms with E-state index in [0.29, 0.717) is 42.6 Å². The normalized spacial score (nSPS) is 13.8. The highest BCUT2D eigenvalue weighted by atomic mass is 35.5. The van der Waals surface area contributed by atoms with E-state index in [4.69, 9.17) is 32.7 Å². The average molecular weight is 397 g/mol. The summed E-state index contributed by atoms with van der Waals surface area (Å²) in [5.41, 5.74) is -0.397. The minimum absolute atomic E-state index is 0.0799. The molecule has 0 aromatic heterocycles. The van der Waals surface area contributed by atoms with E-state index in [1.807, 2.05) is 19.1 Å². The molecule has 136 valence electrons. The van der Waals surface area contributed by atoms with Gasteiger partial charge in [-0.25, -0.2) is 0 Å². The quantitative estimate of drug-likeness (QED) is 0.316. The summed E-state index contributed by atoms with van der Waals surface area (Å²) in [7, 11) is -2.60. The highest BCUT2D eigenvalue weighted by Gasteiger charge is 2.51. The molecule has 2 N–H and O–H groups in total. The molecule has 5 nitrogen and oxygen atoms in total. The average Bonchev–Trinajstić information content (AvgIpc) is 2.54. The molecule has 0 aliphatic carbocycles. The summed E-state index contributed by atoms with van der Waals surface area (Å²) in [5, 5.41) is 4.40. The lowest BCUT2D eigenvalue weighted by Crippen LogP contribution is -2.33. The molecular formula is C16H25Cl2NO4P+. The van der Waals surface area contributed by atoms with E-state index >= 15 is 0 Å². The third-order valence-corrected chi connectivity index (χ3v) is 5.40. The Bertz CT molecular complexity index is 539. The summed E-state index contributed by atoms with van der Waals surface area (Å²) in [5.74, 6) is 0. The molecule has 2 unspecified atom stereocenters. The van der Waals surface area contributed by atoms with Crippen molar-refractivity contribution in [2.75, 3.05) is 19.8 Å². The Labute approximate surface area is 154 Å². The number of ether oxygens (including phenoxy) is 2. The van der Waals surface area contributed by atoms with Crippen molar-refractivity contribution < 1.29 is 18.9 Å². The van der Waals surface area contributed by atoms with Gasteiger partial charge in [-0.05, 0) is 56.0 Å². The Hall–Kier alpha value is -0.260. The highest BCUT2D eigenvalue weighted by molar-refractivity contribution is 7.39. The van der Waals surface area contributed by atoms with Crippen molar-refractivity contribution in [2.24, 2.45) is 0 Å². The molecule has 0 aliphatic rings. The minimum Gasteiger partial charge on any atom is -0.310 e. The SMILES string of the molecule is CCOC(CCCNC(C)c1ccc(Cl)c(Cl)c1)(OCC)[P+](=O)O. The van der Waals surface area contributed by atoms with Gasteiger partial charge in [0.25, 0.3) is 0 Å². The molecule has 0 radical (unpaired) electrons. The summed E-state index contributed by atoms with van der Waals surface area (Å²) >= 11 is 11.9. The second-order valence-corrected chi connectivity index (χ2v) is 7.35. The number of nitrogens with one attached hydrogen (secondary N) is 1. The fraction of sp³-hybridized carbons (Fsp3) is 0.625. The predicted octanol–water partition coefficient (Wildman–Crippen LogP) is 4.89. The van der Waals surface area contributed by atoms with E-state index in [1.165, 1.54) is 0 Å². The Balaban J connectivity index is 2.55. The largest absolute Gasteiger partial charge is 0.573 e. The van der Waals surface area contributed by atoms with Gasteiger partial charge in [-0.2, -0.15) is 4.89 Å². The van der Waals surface area contributed by atoms with Crippen LogP contribution in [-0.2, 0) is 14.0 Å². The Morgan fingerprint density at radius 1 is 1.25 bits per heavy atom. The van der Waals surface area contributed by atoms with E-state index in [2.05, 4.69) is 5.32 Å². The summed E-state index contributed by atoms with van der Waals surface area (Å²) in [6.45, 7) is 6.84. The van der Waals surface area contributed by atoms with E-state index in [0.717, 1.165) is 5.56 Å². The van der Waals surface area contributed by atoms with Crippen LogP contribution in [0, 0.1) is 0 Å². The summed E-state index contributed by atoms with van der Waals surface area (Å²) in [6, 6.07) is 5.59. The van der Waals surface area contributed by atoms with Gasteiger partial charge >= 0.3 is 13.6 Å². The molecule has 0 amide bonds. The second kappa shape index (κ2) is 10.7. The molecule has 24 heavy (non-hydrogen) atoms. The lowest BCUT2D eigenvalue weighted by molar-refractivity contribution is -0.180. The van der Waals surface area contributed by atoms with Crippen LogP contribution in [0.4, 0.5) is 0 Å². The number of hydrogen-bond donors (Lipinski definition) is 2. The zero-order valence-corrected chi connectivity index (χ0v) is 16.6. The Kier molecular flexibility index (Phi) is 9.68. The van der Waals surface area contributed by atoms with E-state index in [9.17, 15) is 9.46 Å². The maximum Gasteiger partial charge on any atom is 0.573 e.